The third-order valence-corrected chi connectivity index (χ3v) is 3.85. The second kappa shape index (κ2) is 4.28. The lowest BCUT2D eigenvalue weighted by molar-refractivity contribution is 0.475. The molecule has 0 bridgehead atoms. The fourth-order valence-electron chi connectivity index (χ4n) is 2.81. The van der Waals surface area contributed by atoms with E-state index in [1.54, 1.807) is 12.1 Å². The van der Waals surface area contributed by atoms with Crippen LogP contribution in [-0.4, -0.2) is 10.1 Å². The van der Waals surface area contributed by atoms with Crippen LogP contribution >= 0.6 is 0 Å². The summed E-state index contributed by atoms with van der Waals surface area (Å²) in [5, 5.41) is 11.8. The summed E-state index contributed by atoms with van der Waals surface area (Å²) in [5.41, 5.74) is 11.0. The molecule has 0 fully saturated rings. The van der Waals surface area contributed by atoms with Crippen LogP contribution in [0.5, 0.6) is 5.75 Å². The Morgan fingerprint density at radius 1 is 0.810 bits per heavy atom. The van der Waals surface area contributed by atoms with Gasteiger partial charge in [0, 0.05) is 33.1 Å². The van der Waals surface area contributed by atoms with Crippen LogP contribution in [-0.2, 0) is 0 Å². The summed E-state index contributed by atoms with van der Waals surface area (Å²) >= 11 is 0. The van der Waals surface area contributed by atoms with E-state index >= 15 is 0 Å². The maximum atomic E-state index is 9.42. The molecule has 3 aromatic carbocycles. The average Bonchev–Trinajstić information content (AvgIpc) is 2.84. The Labute approximate surface area is 121 Å². The molecular formula is C18H14N2O. The van der Waals surface area contributed by atoms with E-state index in [0.717, 1.165) is 33.2 Å². The number of fused-ring (bicyclic) bond motifs is 3. The van der Waals surface area contributed by atoms with Crippen molar-refractivity contribution in [2.45, 2.75) is 0 Å². The average molecular weight is 274 g/mol. The number of nitrogens with two attached hydrogens (primary N) is 1. The van der Waals surface area contributed by atoms with Crippen molar-refractivity contribution in [3.63, 3.8) is 0 Å². The largest absolute Gasteiger partial charge is 0.508 e. The summed E-state index contributed by atoms with van der Waals surface area (Å²) in [6.45, 7) is 0. The first kappa shape index (κ1) is 11.9. The summed E-state index contributed by atoms with van der Waals surface area (Å²) in [6, 6.07) is 19.4. The van der Waals surface area contributed by atoms with E-state index in [2.05, 4.69) is 23.2 Å². The highest BCUT2D eigenvalue weighted by atomic mass is 16.3. The Kier molecular flexibility index (Phi) is 2.42. The third-order valence-electron chi connectivity index (χ3n) is 3.85. The number of nitrogen functional groups attached to an aromatic ring is 1. The molecule has 0 aliphatic heterocycles. The van der Waals surface area contributed by atoms with E-state index in [1.165, 1.54) is 5.39 Å². The maximum Gasteiger partial charge on any atom is 0.115 e. The van der Waals surface area contributed by atoms with Crippen molar-refractivity contribution in [3.8, 4) is 16.9 Å². The molecule has 0 atom stereocenters. The summed E-state index contributed by atoms with van der Waals surface area (Å²) in [6.07, 6.45) is 0. The zero-order valence-electron chi connectivity index (χ0n) is 11.3. The molecule has 1 aromatic heterocycles. The van der Waals surface area contributed by atoms with Gasteiger partial charge in [-0.15, -0.1) is 0 Å². The predicted molar refractivity (Wildman–Crippen MR) is 87.3 cm³/mol. The molecule has 102 valence electrons. The molecule has 4 N–H and O–H groups in total. The molecule has 3 nitrogen and oxygen atoms in total. The van der Waals surface area contributed by atoms with E-state index in [1.807, 2.05) is 30.3 Å². The highest BCUT2D eigenvalue weighted by Crippen LogP contribution is 2.34. The minimum atomic E-state index is 0.255. The second-order valence-electron chi connectivity index (χ2n) is 5.20. The van der Waals surface area contributed by atoms with Crippen molar-refractivity contribution in [2.75, 3.05) is 5.73 Å². The number of aromatic hydroxyl groups is 1. The summed E-state index contributed by atoms with van der Waals surface area (Å²) in [4.78, 5) is 3.39. The van der Waals surface area contributed by atoms with Gasteiger partial charge >= 0.3 is 0 Å². The van der Waals surface area contributed by atoms with Crippen LogP contribution in [0.3, 0.4) is 0 Å². The smallest absolute Gasteiger partial charge is 0.115 e. The quantitative estimate of drug-likeness (QED) is 0.454. The van der Waals surface area contributed by atoms with Crippen molar-refractivity contribution < 1.29 is 5.11 Å². The van der Waals surface area contributed by atoms with Crippen LogP contribution < -0.4 is 5.73 Å². The molecular weight excluding hydrogens is 260 g/mol. The molecule has 0 saturated carbocycles. The third kappa shape index (κ3) is 1.82. The molecule has 4 rings (SSSR count). The van der Waals surface area contributed by atoms with Crippen LogP contribution in [0.15, 0.2) is 60.7 Å². The Morgan fingerprint density at radius 2 is 1.57 bits per heavy atom. The van der Waals surface area contributed by atoms with Gasteiger partial charge in [0.1, 0.15) is 5.75 Å². The van der Waals surface area contributed by atoms with Crippen molar-refractivity contribution >= 4 is 27.5 Å². The highest BCUT2D eigenvalue weighted by Gasteiger charge is 2.09. The van der Waals surface area contributed by atoms with Crippen LogP contribution in [0.1, 0.15) is 0 Å². The lowest BCUT2D eigenvalue weighted by Gasteiger charge is -2.07. The second-order valence-corrected chi connectivity index (χ2v) is 5.20. The molecule has 0 aliphatic rings. The van der Waals surface area contributed by atoms with Gasteiger partial charge < -0.3 is 15.8 Å². The SMILES string of the molecule is Nc1cc2[nH]c3ccccc3c2cc1-c1ccc(O)cc1. The van der Waals surface area contributed by atoms with Gasteiger partial charge in [-0.25, -0.2) is 0 Å². The molecule has 1 heterocycles. The number of phenols is 1. The van der Waals surface area contributed by atoms with E-state index < -0.39 is 0 Å². The lowest BCUT2D eigenvalue weighted by Crippen LogP contribution is -1.90. The van der Waals surface area contributed by atoms with E-state index in [9.17, 15) is 5.11 Å². The first-order valence-electron chi connectivity index (χ1n) is 6.82. The summed E-state index contributed by atoms with van der Waals surface area (Å²) in [5.74, 6) is 0.255. The maximum absolute atomic E-state index is 9.42. The van der Waals surface area contributed by atoms with Gasteiger partial charge in [0.05, 0.1) is 0 Å². The highest BCUT2D eigenvalue weighted by molar-refractivity contribution is 6.10. The number of phenolic OH excluding ortho intramolecular Hbond substituents is 1. The number of hydrogen-bond donors (Lipinski definition) is 3. The molecule has 0 spiro atoms. The zero-order valence-corrected chi connectivity index (χ0v) is 11.3. The minimum Gasteiger partial charge on any atom is -0.508 e. The van der Waals surface area contributed by atoms with Crippen molar-refractivity contribution in [1.82, 2.24) is 4.98 Å². The van der Waals surface area contributed by atoms with E-state index in [4.69, 9.17) is 5.73 Å². The van der Waals surface area contributed by atoms with Gasteiger partial charge in [-0.3, -0.25) is 0 Å². The zero-order chi connectivity index (χ0) is 14.4. The molecule has 3 heteroatoms. The Hall–Kier alpha value is -2.94. The number of aromatic nitrogens is 1. The summed E-state index contributed by atoms with van der Waals surface area (Å²) < 4.78 is 0. The number of benzene rings is 3. The van der Waals surface area contributed by atoms with Crippen molar-refractivity contribution in [1.29, 1.82) is 0 Å². The topological polar surface area (TPSA) is 62.0 Å². The molecule has 0 unspecified atom stereocenters. The number of hydrogen-bond acceptors (Lipinski definition) is 2. The summed E-state index contributed by atoms with van der Waals surface area (Å²) in [7, 11) is 0. The first-order chi connectivity index (χ1) is 10.2. The standard InChI is InChI=1S/C18H14N2O/c19-16-10-18-15(13-3-1-2-4-17(13)20-18)9-14(16)11-5-7-12(21)8-6-11/h1-10,20-21H,19H2. The van der Waals surface area contributed by atoms with Crippen molar-refractivity contribution in [2.24, 2.45) is 0 Å². The monoisotopic (exact) mass is 274 g/mol. The van der Waals surface area contributed by atoms with Crippen molar-refractivity contribution in [3.05, 3.63) is 60.7 Å². The van der Waals surface area contributed by atoms with Crippen LogP contribution in [0.2, 0.25) is 0 Å². The Balaban J connectivity index is 2.03. The molecule has 0 aliphatic carbocycles. The molecule has 0 amide bonds. The Bertz CT molecular complexity index is 952. The minimum absolute atomic E-state index is 0.255. The fourth-order valence-corrected chi connectivity index (χ4v) is 2.81. The normalized spacial score (nSPS) is 11.2. The van der Waals surface area contributed by atoms with Crippen LogP contribution in [0, 0.1) is 0 Å². The van der Waals surface area contributed by atoms with Gasteiger partial charge in [0.2, 0.25) is 0 Å². The lowest BCUT2D eigenvalue weighted by atomic mass is 10.0. The van der Waals surface area contributed by atoms with Crippen LogP contribution in [0.25, 0.3) is 32.9 Å². The Morgan fingerprint density at radius 3 is 2.38 bits per heavy atom. The number of anilines is 1. The molecule has 0 radical (unpaired) electrons. The number of aromatic amines is 1. The van der Waals surface area contributed by atoms with Gasteiger partial charge in [0.15, 0.2) is 0 Å². The number of H-pyrrole nitrogens is 1. The number of para-hydroxylation sites is 1. The van der Waals surface area contributed by atoms with Crippen LogP contribution in [0.4, 0.5) is 5.69 Å². The van der Waals surface area contributed by atoms with Gasteiger partial charge in [-0.05, 0) is 35.9 Å². The van der Waals surface area contributed by atoms with Gasteiger partial charge in [-0.2, -0.15) is 0 Å². The van der Waals surface area contributed by atoms with Gasteiger partial charge in [-0.1, -0.05) is 30.3 Å². The molecule has 4 aromatic rings. The molecule has 0 saturated heterocycles. The number of nitrogens with one attached hydrogen (secondary N) is 1. The first-order valence-corrected chi connectivity index (χ1v) is 6.82. The van der Waals surface area contributed by atoms with Gasteiger partial charge in [0.25, 0.3) is 0 Å². The predicted octanol–water partition coefficient (Wildman–Crippen LogP) is 4.28. The molecule has 21 heavy (non-hydrogen) atoms. The van der Waals surface area contributed by atoms with E-state index in [0.29, 0.717) is 0 Å². The fraction of sp³-hybridized carbons (Fsp3) is 0. The van der Waals surface area contributed by atoms with E-state index in [-0.39, 0.29) is 5.75 Å². The number of rotatable bonds is 1.